The monoisotopic (exact) mass is 423 g/mol. The molecule has 1 aromatic heterocycles. The lowest BCUT2D eigenvalue weighted by Crippen LogP contribution is -2.41. The lowest BCUT2D eigenvalue weighted by molar-refractivity contribution is 0.0698. The molecule has 1 atom stereocenters. The summed E-state index contributed by atoms with van der Waals surface area (Å²) in [7, 11) is -3.09. The molecule has 156 valence electrons. The van der Waals surface area contributed by atoms with Gasteiger partial charge in [-0.2, -0.15) is 5.10 Å². The standard InChI is InChI=1S/C23H25N3O3S/c1-2-14-25(20-13-15-30(28,29)17-20)23(27)21-16-26(19-11-7-4-8-12-19)24-22(21)18-9-5-3-6-10-18/h3-12,16,20H,2,13-15,17H2,1H3. The van der Waals surface area contributed by atoms with E-state index >= 15 is 0 Å². The van der Waals surface area contributed by atoms with Crippen LogP contribution in [0.5, 0.6) is 0 Å². The maximum atomic E-state index is 13.6. The van der Waals surface area contributed by atoms with Crippen LogP contribution in [0.4, 0.5) is 0 Å². The maximum Gasteiger partial charge on any atom is 0.257 e. The van der Waals surface area contributed by atoms with Gasteiger partial charge in [0.25, 0.3) is 5.91 Å². The number of carbonyl (C=O) groups is 1. The smallest absolute Gasteiger partial charge is 0.257 e. The Labute approximate surface area is 177 Å². The number of para-hydroxylation sites is 1. The molecule has 1 fully saturated rings. The van der Waals surface area contributed by atoms with E-state index in [0.717, 1.165) is 17.7 Å². The fraction of sp³-hybridized carbons (Fsp3) is 0.304. The molecular formula is C23H25N3O3S. The van der Waals surface area contributed by atoms with Crippen molar-refractivity contribution in [2.24, 2.45) is 0 Å². The van der Waals surface area contributed by atoms with Crippen LogP contribution in [0.25, 0.3) is 16.9 Å². The quantitative estimate of drug-likeness (QED) is 0.608. The van der Waals surface area contributed by atoms with Gasteiger partial charge in [0.2, 0.25) is 0 Å². The third kappa shape index (κ3) is 4.16. The largest absolute Gasteiger partial charge is 0.335 e. The van der Waals surface area contributed by atoms with Crippen LogP contribution in [0.2, 0.25) is 0 Å². The summed E-state index contributed by atoms with van der Waals surface area (Å²) in [5.74, 6) is 0.00615. The Morgan fingerprint density at radius 3 is 2.37 bits per heavy atom. The first kappa shape index (κ1) is 20.3. The van der Waals surface area contributed by atoms with Gasteiger partial charge in [-0.3, -0.25) is 4.79 Å². The summed E-state index contributed by atoms with van der Waals surface area (Å²) in [6.45, 7) is 2.51. The van der Waals surface area contributed by atoms with Gasteiger partial charge in [-0.05, 0) is 25.0 Å². The molecule has 2 aromatic carbocycles. The third-order valence-electron chi connectivity index (χ3n) is 5.39. The van der Waals surface area contributed by atoms with Gasteiger partial charge < -0.3 is 4.90 Å². The first-order valence-electron chi connectivity index (χ1n) is 10.2. The summed E-state index contributed by atoms with van der Waals surface area (Å²) in [5.41, 5.74) is 2.81. The van der Waals surface area contributed by atoms with Gasteiger partial charge in [-0.15, -0.1) is 0 Å². The van der Waals surface area contributed by atoms with Crippen LogP contribution in [-0.2, 0) is 9.84 Å². The van der Waals surface area contributed by atoms with Crippen molar-refractivity contribution in [1.29, 1.82) is 0 Å². The molecule has 1 unspecified atom stereocenters. The van der Waals surface area contributed by atoms with Gasteiger partial charge in [0.15, 0.2) is 9.84 Å². The Morgan fingerprint density at radius 1 is 1.10 bits per heavy atom. The first-order chi connectivity index (χ1) is 14.5. The highest BCUT2D eigenvalue weighted by molar-refractivity contribution is 7.91. The number of sulfone groups is 1. The highest BCUT2D eigenvalue weighted by Crippen LogP contribution is 2.27. The molecule has 7 heteroatoms. The van der Waals surface area contributed by atoms with Crippen molar-refractivity contribution in [3.05, 3.63) is 72.4 Å². The van der Waals surface area contributed by atoms with E-state index in [9.17, 15) is 13.2 Å². The minimum absolute atomic E-state index is 0.0340. The molecule has 0 N–H and O–H groups in total. The van der Waals surface area contributed by atoms with Crippen LogP contribution in [0.3, 0.4) is 0 Å². The number of nitrogens with zero attached hydrogens (tertiary/aromatic N) is 3. The fourth-order valence-corrected chi connectivity index (χ4v) is 5.65. The summed E-state index contributed by atoms with van der Waals surface area (Å²) in [5, 5.41) is 4.72. The first-order valence-corrected chi connectivity index (χ1v) is 12.0. The van der Waals surface area contributed by atoms with Gasteiger partial charge in [0.1, 0.15) is 5.69 Å². The predicted octanol–water partition coefficient (Wildman–Crippen LogP) is 3.58. The zero-order chi connectivity index (χ0) is 21.1. The highest BCUT2D eigenvalue weighted by atomic mass is 32.2. The Hall–Kier alpha value is -2.93. The molecule has 1 aliphatic heterocycles. The normalized spacial score (nSPS) is 17.7. The number of hydrogen-bond acceptors (Lipinski definition) is 4. The molecule has 1 aliphatic rings. The van der Waals surface area contributed by atoms with Crippen LogP contribution in [-0.4, -0.2) is 53.1 Å². The predicted molar refractivity (Wildman–Crippen MR) is 117 cm³/mol. The molecule has 2 heterocycles. The second-order valence-corrected chi connectivity index (χ2v) is 9.82. The SMILES string of the molecule is CCCN(C(=O)c1cn(-c2ccccc2)nc1-c1ccccc1)C1CCS(=O)(=O)C1. The van der Waals surface area contributed by atoms with E-state index in [1.807, 2.05) is 67.6 Å². The van der Waals surface area contributed by atoms with Crippen molar-refractivity contribution in [3.8, 4) is 16.9 Å². The average Bonchev–Trinajstić information content (AvgIpc) is 3.36. The Kier molecular flexibility index (Phi) is 5.72. The fourth-order valence-electron chi connectivity index (χ4n) is 3.92. The molecule has 30 heavy (non-hydrogen) atoms. The van der Waals surface area contributed by atoms with E-state index in [2.05, 4.69) is 0 Å². The Balaban J connectivity index is 1.77. The van der Waals surface area contributed by atoms with Gasteiger partial charge in [0, 0.05) is 24.3 Å². The van der Waals surface area contributed by atoms with Gasteiger partial charge in [-0.25, -0.2) is 13.1 Å². The Bertz CT molecular complexity index is 1130. The molecule has 4 rings (SSSR count). The molecule has 0 saturated carbocycles. The molecule has 0 bridgehead atoms. The minimum atomic E-state index is -3.09. The molecule has 0 aliphatic carbocycles. The second-order valence-electron chi connectivity index (χ2n) is 7.59. The lowest BCUT2D eigenvalue weighted by Gasteiger charge is -2.27. The minimum Gasteiger partial charge on any atom is -0.335 e. The topological polar surface area (TPSA) is 72.3 Å². The zero-order valence-electron chi connectivity index (χ0n) is 16.9. The number of rotatable bonds is 6. The summed E-state index contributed by atoms with van der Waals surface area (Å²) in [4.78, 5) is 15.4. The van der Waals surface area contributed by atoms with E-state index in [0.29, 0.717) is 24.2 Å². The highest BCUT2D eigenvalue weighted by Gasteiger charge is 2.36. The number of aromatic nitrogens is 2. The summed E-state index contributed by atoms with van der Waals surface area (Å²) in [6.07, 6.45) is 3.00. The molecule has 3 aromatic rings. The van der Waals surface area contributed by atoms with Crippen LogP contribution in [0.15, 0.2) is 66.9 Å². The number of hydrogen-bond donors (Lipinski definition) is 0. The van der Waals surface area contributed by atoms with Crippen molar-refractivity contribution in [3.63, 3.8) is 0 Å². The zero-order valence-corrected chi connectivity index (χ0v) is 17.8. The molecule has 0 spiro atoms. The van der Waals surface area contributed by atoms with Gasteiger partial charge in [-0.1, -0.05) is 55.5 Å². The van der Waals surface area contributed by atoms with Gasteiger partial charge in [0.05, 0.1) is 22.8 Å². The number of benzene rings is 2. The van der Waals surface area contributed by atoms with Crippen molar-refractivity contribution in [2.75, 3.05) is 18.1 Å². The van der Waals surface area contributed by atoms with E-state index in [1.54, 1.807) is 15.8 Å². The van der Waals surface area contributed by atoms with Crippen LogP contribution in [0, 0.1) is 0 Å². The van der Waals surface area contributed by atoms with Crippen molar-refractivity contribution in [2.45, 2.75) is 25.8 Å². The van der Waals surface area contributed by atoms with Crippen molar-refractivity contribution < 1.29 is 13.2 Å². The molecule has 1 saturated heterocycles. The number of carbonyl (C=O) groups excluding carboxylic acids is 1. The van der Waals surface area contributed by atoms with Crippen LogP contribution >= 0.6 is 0 Å². The van der Waals surface area contributed by atoms with Crippen molar-refractivity contribution in [1.82, 2.24) is 14.7 Å². The Morgan fingerprint density at radius 2 is 1.77 bits per heavy atom. The number of amides is 1. The lowest BCUT2D eigenvalue weighted by atomic mass is 10.1. The van der Waals surface area contributed by atoms with Crippen LogP contribution < -0.4 is 0 Å². The molecule has 0 radical (unpaired) electrons. The van der Waals surface area contributed by atoms with E-state index in [1.165, 1.54) is 0 Å². The summed E-state index contributed by atoms with van der Waals surface area (Å²) >= 11 is 0. The van der Waals surface area contributed by atoms with Gasteiger partial charge >= 0.3 is 0 Å². The molecule has 6 nitrogen and oxygen atoms in total. The third-order valence-corrected chi connectivity index (χ3v) is 7.14. The molecule has 1 amide bonds. The molecular weight excluding hydrogens is 398 g/mol. The van der Waals surface area contributed by atoms with E-state index in [-0.39, 0.29) is 23.5 Å². The van der Waals surface area contributed by atoms with Crippen LogP contribution in [0.1, 0.15) is 30.1 Å². The van der Waals surface area contributed by atoms with E-state index < -0.39 is 9.84 Å². The van der Waals surface area contributed by atoms with E-state index in [4.69, 9.17) is 5.10 Å². The average molecular weight is 424 g/mol. The maximum absolute atomic E-state index is 13.6. The van der Waals surface area contributed by atoms with Crippen molar-refractivity contribution >= 4 is 15.7 Å². The summed E-state index contributed by atoms with van der Waals surface area (Å²) < 4.78 is 25.8. The summed E-state index contributed by atoms with van der Waals surface area (Å²) in [6, 6.07) is 19.0. The second kappa shape index (κ2) is 8.44.